The summed E-state index contributed by atoms with van der Waals surface area (Å²) in [5.41, 5.74) is 3.51. The first kappa shape index (κ1) is 16.8. The molecule has 0 fully saturated rings. The van der Waals surface area contributed by atoms with E-state index >= 15 is 0 Å². The second-order valence-corrected chi connectivity index (χ2v) is 6.34. The van der Waals surface area contributed by atoms with Crippen LogP contribution in [0.5, 0.6) is 5.75 Å². The number of hydrogen-bond acceptors (Lipinski definition) is 5. The Bertz CT molecular complexity index is 1130. The van der Waals surface area contributed by atoms with Crippen molar-refractivity contribution in [2.45, 2.75) is 13.5 Å². The first-order chi connectivity index (χ1) is 13.1. The fourth-order valence-corrected chi connectivity index (χ4v) is 2.74. The predicted octanol–water partition coefficient (Wildman–Crippen LogP) is 3.63. The van der Waals surface area contributed by atoms with Gasteiger partial charge in [0.1, 0.15) is 5.75 Å². The molecule has 0 atom stereocenters. The van der Waals surface area contributed by atoms with Gasteiger partial charge in [0, 0.05) is 17.8 Å². The summed E-state index contributed by atoms with van der Waals surface area (Å²) < 4.78 is 6.97. The van der Waals surface area contributed by atoms with Crippen LogP contribution in [0, 0.1) is 6.92 Å². The van der Waals surface area contributed by atoms with Crippen molar-refractivity contribution >= 4 is 0 Å². The monoisotopic (exact) mass is 359 g/mol. The zero-order valence-corrected chi connectivity index (χ0v) is 14.7. The smallest absolute Gasteiger partial charge is 0.259 e. The van der Waals surface area contributed by atoms with E-state index in [-0.39, 0.29) is 11.3 Å². The van der Waals surface area contributed by atoms with Crippen LogP contribution in [-0.2, 0) is 6.54 Å². The molecular formula is C21H17N3O3. The molecule has 2 heterocycles. The van der Waals surface area contributed by atoms with E-state index in [9.17, 15) is 9.90 Å². The van der Waals surface area contributed by atoms with E-state index in [0.29, 0.717) is 23.8 Å². The Morgan fingerprint density at radius 2 is 1.67 bits per heavy atom. The average Bonchev–Trinajstić information content (AvgIpc) is 3.16. The first-order valence-corrected chi connectivity index (χ1v) is 8.48. The Kier molecular flexibility index (Phi) is 4.30. The fourth-order valence-electron chi connectivity index (χ4n) is 2.74. The molecule has 134 valence electrons. The molecule has 2 aromatic carbocycles. The van der Waals surface area contributed by atoms with Crippen LogP contribution in [0.4, 0.5) is 0 Å². The summed E-state index contributed by atoms with van der Waals surface area (Å²) in [5, 5.41) is 13.4. The van der Waals surface area contributed by atoms with Crippen LogP contribution >= 0.6 is 0 Å². The number of hydrogen-bond donors (Lipinski definition) is 1. The number of rotatable bonds is 4. The standard InChI is InChI=1S/C21H17N3O3/c1-14-2-4-15(5-3-14)12-24-13-17(8-11-19(24)26)21-22-20(23-27-21)16-6-9-18(25)10-7-16/h2-11,13,25H,12H2,1H3. The lowest BCUT2D eigenvalue weighted by molar-refractivity contribution is 0.432. The fraction of sp³-hybridized carbons (Fsp3) is 0.0952. The molecule has 0 amide bonds. The van der Waals surface area contributed by atoms with Crippen molar-refractivity contribution in [3.8, 4) is 28.6 Å². The third-order valence-corrected chi connectivity index (χ3v) is 4.26. The average molecular weight is 359 g/mol. The second kappa shape index (κ2) is 6.92. The van der Waals surface area contributed by atoms with Gasteiger partial charge in [-0.15, -0.1) is 0 Å². The van der Waals surface area contributed by atoms with E-state index in [1.165, 1.54) is 11.6 Å². The van der Waals surface area contributed by atoms with Crippen molar-refractivity contribution in [2.75, 3.05) is 0 Å². The summed E-state index contributed by atoms with van der Waals surface area (Å²) in [6.07, 6.45) is 1.72. The summed E-state index contributed by atoms with van der Waals surface area (Å²) in [6.45, 7) is 2.49. The van der Waals surface area contributed by atoms with Gasteiger partial charge in [0.25, 0.3) is 11.4 Å². The second-order valence-electron chi connectivity index (χ2n) is 6.34. The van der Waals surface area contributed by atoms with Crippen LogP contribution in [0.25, 0.3) is 22.8 Å². The quantitative estimate of drug-likeness (QED) is 0.602. The normalized spacial score (nSPS) is 10.9. The molecule has 27 heavy (non-hydrogen) atoms. The van der Waals surface area contributed by atoms with Crippen LogP contribution in [0.2, 0.25) is 0 Å². The predicted molar refractivity (Wildman–Crippen MR) is 101 cm³/mol. The lowest BCUT2D eigenvalue weighted by atomic mass is 10.1. The number of nitrogens with zero attached hydrogens (tertiary/aromatic N) is 3. The molecule has 0 saturated carbocycles. The molecule has 0 radical (unpaired) electrons. The molecular weight excluding hydrogens is 342 g/mol. The van der Waals surface area contributed by atoms with Crippen LogP contribution in [0.1, 0.15) is 11.1 Å². The zero-order chi connectivity index (χ0) is 18.8. The lowest BCUT2D eigenvalue weighted by Crippen LogP contribution is -2.19. The molecule has 6 heteroatoms. The van der Waals surface area contributed by atoms with Crippen LogP contribution < -0.4 is 5.56 Å². The zero-order valence-electron chi connectivity index (χ0n) is 14.7. The third kappa shape index (κ3) is 3.64. The highest BCUT2D eigenvalue weighted by atomic mass is 16.5. The Morgan fingerprint density at radius 3 is 2.41 bits per heavy atom. The molecule has 0 aliphatic rings. The Hall–Kier alpha value is -3.67. The van der Waals surface area contributed by atoms with Crippen molar-refractivity contribution in [3.63, 3.8) is 0 Å². The van der Waals surface area contributed by atoms with Crippen molar-refractivity contribution < 1.29 is 9.63 Å². The number of phenolic OH excluding ortho intramolecular Hbond substituents is 1. The van der Waals surface area contributed by atoms with Crippen LogP contribution in [0.15, 0.2) is 76.2 Å². The number of aryl methyl sites for hydroxylation is 1. The van der Waals surface area contributed by atoms with E-state index in [1.54, 1.807) is 41.1 Å². The van der Waals surface area contributed by atoms with Gasteiger partial charge in [0.15, 0.2) is 0 Å². The lowest BCUT2D eigenvalue weighted by Gasteiger charge is -2.07. The van der Waals surface area contributed by atoms with Gasteiger partial charge in [-0.25, -0.2) is 0 Å². The van der Waals surface area contributed by atoms with Gasteiger partial charge in [-0.2, -0.15) is 4.98 Å². The number of phenols is 1. The molecule has 2 aromatic heterocycles. The van der Waals surface area contributed by atoms with Crippen LogP contribution in [0.3, 0.4) is 0 Å². The molecule has 0 spiro atoms. The highest BCUT2D eigenvalue weighted by Gasteiger charge is 2.12. The Labute approximate surface area is 155 Å². The maximum atomic E-state index is 12.2. The highest BCUT2D eigenvalue weighted by Crippen LogP contribution is 2.23. The van der Waals surface area contributed by atoms with Gasteiger partial charge in [0.2, 0.25) is 5.82 Å². The van der Waals surface area contributed by atoms with E-state index < -0.39 is 0 Å². The SMILES string of the molecule is Cc1ccc(Cn2cc(-c3nc(-c4ccc(O)cc4)no3)ccc2=O)cc1. The molecule has 6 nitrogen and oxygen atoms in total. The number of aromatic hydroxyl groups is 1. The molecule has 0 unspecified atom stereocenters. The van der Waals surface area contributed by atoms with Crippen molar-refractivity contribution in [2.24, 2.45) is 0 Å². The topological polar surface area (TPSA) is 81.2 Å². The minimum Gasteiger partial charge on any atom is -0.508 e. The van der Waals surface area contributed by atoms with Crippen molar-refractivity contribution in [1.29, 1.82) is 0 Å². The maximum absolute atomic E-state index is 12.2. The van der Waals surface area contributed by atoms with Gasteiger partial charge >= 0.3 is 0 Å². The minimum atomic E-state index is -0.0994. The summed E-state index contributed by atoms with van der Waals surface area (Å²) in [4.78, 5) is 16.6. The van der Waals surface area contributed by atoms with Gasteiger partial charge in [0.05, 0.1) is 12.1 Å². The molecule has 4 aromatic rings. The Morgan fingerprint density at radius 1 is 0.963 bits per heavy atom. The number of pyridine rings is 1. The number of benzene rings is 2. The number of aromatic nitrogens is 3. The van der Waals surface area contributed by atoms with E-state index in [0.717, 1.165) is 11.1 Å². The van der Waals surface area contributed by atoms with E-state index in [2.05, 4.69) is 10.1 Å². The largest absolute Gasteiger partial charge is 0.508 e. The third-order valence-electron chi connectivity index (χ3n) is 4.26. The minimum absolute atomic E-state index is 0.0994. The van der Waals surface area contributed by atoms with Crippen molar-refractivity contribution in [3.05, 3.63) is 88.3 Å². The maximum Gasteiger partial charge on any atom is 0.259 e. The van der Waals surface area contributed by atoms with Crippen LogP contribution in [-0.4, -0.2) is 19.8 Å². The van der Waals surface area contributed by atoms with Gasteiger partial charge in [-0.3, -0.25) is 4.79 Å². The summed E-state index contributed by atoms with van der Waals surface area (Å²) in [6, 6.07) is 17.8. The molecule has 1 N–H and O–H groups in total. The molecule has 0 saturated heterocycles. The molecule has 0 bridgehead atoms. The van der Waals surface area contributed by atoms with Gasteiger partial charge < -0.3 is 14.2 Å². The van der Waals surface area contributed by atoms with E-state index in [4.69, 9.17) is 4.52 Å². The van der Waals surface area contributed by atoms with E-state index in [1.807, 2.05) is 31.2 Å². The highest BCUT2D eigenvalue weighted by molar-refractivity contribution is 5.59. The van der Waals surface area contributed by atoms with Gasteiger partial charge in [-0.1, -0.05) is 35.0 Å². The first-order valence-electron chi connectivity index (χ1n) is 8.48. The summed E-state index contributed by atoms with van der Waals surface area (Å²) >= 11 is 0. The molecule has 4 rings (SSSR count). The summed E-state index contributed by atoms with van der Waals surface area (Å²) in [5.74, 6) is 0.919. The summed E-state index contributed by atoms with van der Waals surface area (Å²) in [7, 11) is 0. The Balaban J connectivity index is 1.64. The molecule has 0 aliphatic heterocycles. The van der Waals surface area contributed by atoms with Crippen molar-refractivity contribution in [1.82, 2.24) is 14.7 Å². The van der Waals surface area contributed by atoms with Gasteiger partial charge in [-0.05, 0) is 42.8 Å². The molecule has 0 aliphatic carbocycles.